The molecule has 3 rings (SSSR count). The summed E-state index contributed by atoms with van der Waals surface area (Å²) in [6, 6.07) is 11.6. The van der Waals surface area contributed by atoms with Crippen molar-refractivity contribution >= 4 is 0 Å². The predicted octanol–water partition coefficient (Wildman–Crippen LogP) is 2.86. The van der Waals surface area contributed by atoms with E-state index < -0.39 is 0 Å². The zero-order valence-corrected chi connectivity index (χ0v) is 12.6. The number of nitrogens with one attached hydrogen (secondary N) is 1. The maximum absolute atomic E-state index is 4.71. The summed E-state index contributed by atoms with van der Waals surface area (Å²) >= 11 is 0. The second kappa shape index (κ2) is 5.06. The van der Waals surface area contributed by atoms with Crippen LogP contribution in [0.1, 0.15) is 36.7 Å². The van der Waals surface area contributed by atoms with Gasteiger partial charge in [0, 0.05) is 37.2 Å². The fraction of sp³-hybridized carbons (Fsp3) is 0.471. The molecule has 1 saturated heterocycles. The lowest BCUT2D eigenvalue weighted by Crippen LogP contribution is -2.58. The van der Waals surface area contributed by atoms with E-state index in [0.29, 0.717) is 6.04 Å². The lowest BCUT2D eigenvalue weighted by atomic mass is 9.72. The van der Waals surface area contributed by atoms with Crippen molar-refractivity contribution < 1.29 is 0 Å². The van der Waals surface area contributed by atoms with Gasteiger partial charge in [0.25, 0.3) is 0 Å². The second-order valence-corrected chi connectivity index (χ2v) is 6.31. The SMILES string of the molecule is Cc1ccc(C2(Cc3ccn(C(C)C)n3)CNC2)cc1. The van der Waals surface area contributed by atoms with Crippen LogP contribution in [0.25, 0.3) is 0 Å². The second-order valence-electron chi connectivity index (χ2n) is 6.31. The van der Waals surface area contributed by atoms with E-state index in [-0.39, 0.29) is 5.41 Å². The molecular weight excluding hydrogens is 246 g/mol. The normalized spacial score (nSPS) is 17.2. The minimum atomic E-state index is 0.226. The van der Waals surface area contributed by atoms with Gasteiger partial charge in [-0.05, 0) is 32.4 Å². The van der Waals surface area contributed by atoms with Crippen LogP contribution in [0.4, 0.5) is 0 Å². The van der Waals surface area contributed by atoms with Crippen LogP contribution in [0, 0.1) is 6.92 Å². The van der Waals surface area contributed by atoms with Crippen LogP contribution in [0.15, 0.2) is 36.5 Å². The largest absolute Gasteiger partial charge is 0.315 e. The third-order valence-electron chi connectivity index (χ3n) is 4.30. The van der Waals surface area contributed by atoms with Gasteiger partial charge in [0.15, 0.2) is 0 Å². The highest BCUT2D eigenvalue weighted by molar-refractivity contribution is 5.34. The highest BCUT2D eigenvalue weighted by atomic mass is 15.3. The highest BCUT2D eigenvalue weighted by Gasteiger charge is 2.39. The van der Waals surface area contributed by atoms with Gasteiger partial charge in [-0.3, -0.25) is 4.68 Å². The lowest BCUT2D eigenvalue weighted by molar-refractivity contribution is 0.271. The van der Waals surface area contributed by atoms with E-state index in [1.54, 1.807) is 0 Å². The summed E-state index contributed by atoms with van der Waals surface area (Å²) in [6.45, 7) is 8.56. The maximum atomic E-state index is 4.71. The number of rotatable bonds is 4. The number of aryl methyl sites for hydroxylation is 1. The van der Waals surface area contributed by atoms with E-state index in [2.05, 4.69) is 62.6 Å². The van der Waals surface area contributed by atoms with Crippen molar-refractivity contribution in [1.29, 1.82) is 0 Å². The van der Waals surface area contributed by atoms with Crippen molar-refractivity contribution in [2.24, 2.45) is 0 Å². The Morgan fingerprint density at radius 1 is 1.20 bits per heavy atom. The smallest absolute Gasteiger partial charge is 0.0634 e. The molecule has 0 unspecified atom stereocenters. The Hall–Kier alpha value is -1.61. The van der Waals surface area contributed by atoms with E-state index in [4.69, 9.17) is 5.10 Å². The molecule has 1 aliphatic heterocycles. The molecule has 106 valence electrons. The van der Waals surface area contributed by atoms with E-state index in [0.717, 1.165) is 19.5 Å². The molecule has 0 amide bonds. The lowest BCUT2D eigenvalue weighted by Gasteiger charge is -2.43. The van der Waals surface area contributed by atoms with Gasteiger partial charge in [-0.15, -0.1) is 0 Å². The van der Waals surface area contributed by atoms with Gasteiger partial charge in [0.2, 0.25) is 0 Å². The Labute approximate surface area is 121 Å². The maximum Gasteiger partial charge on any atom is 0.0634 e. The molecule has 1 N–H and O–H groups in total. The average Bonchev–Trinajstić information content (AvgIpc) is 2.84. The molecule has 0 spiro atoms. The minimum absolute atomic E-state index is 0.226. The van der Waals surface area contributed by atoms with Crippen molar-refractivity contribution in [3.8, 4) is 0 Å². The van der Waals surface area contributed by atoms with Gasteiger partial charge in [0.05, 0.1) is 5.69 Å². The minimum Gasteiger partial charge on any atom is -0.315 e. The molecule has 3 heteroatoms. The third kappa shape index (κ3) is 2.38. The molecule has 2 heterocycles. The number of aromatic nitrogens is 2. The first-order chi connectivity index (χ1) is 9.59. The molecule has 3 nitrogen and oxygen atoms in total. The molecular formula is C17H23N3. The van der Waals surface area contributed by atoms with Crippen molar-refractivity contribution in [3.63, 3.8) is 0 Å². The van der Waals surface area contributed by atoms with Gasteiger partial charge in [0.1, 0.15) is 0 Å². The summed E-state index contributed by atoms with van der Waals surface area (Å²) in [6.07, 6.45) is 3.11. The fourth-order valence-corrected chi connectivity index (χ4v) is 2.87. The monoisotopic (exact) mass is 269 g/mol. The molecule has 0 aliphatic carbocycles. The molecule has 1 fully saturated rings. The van der Waals surface area contributed by atoms with Gasteiger partial charge in [-0.2, -0.15) is 5.10 Å². The average molecular weight is 269 g/mol. The Kier molecular flexibility index (Phi) is 3.38. The third-order valence-corrected chi connectivity index (χ3v) is 4.30. The van der Waals surface area contributed by atoms with Crippen molar-refractivity contribution in [3.05, 3.63) is 53.3 Å². The molecule has 0 atom stereocenters. The first-order valence-electron chi connectivity index (χ1n) is 7.41. The fourth-order valence-electron chi connectivity index (χ4n) is 2.87. The Morgan fingerprint density at radius 3 is 2.40 bits per heavy atom. The number of hydrogen-bond donors (Lipinski definition) is 1. The van der Waals surface area contributed by atoms with Crippen LogP contribution in [0.5, 0.6) is 0 Å². The van der Waals surface area contributed by atoms with E-state index in [1.165, 1.54) is 16.8 Å². The van der Waals surface area contributed by atoms with Gasteiger partial charge < -0.3 is 5.32 Å². The van der Waals surface area contributed by atoms with Crippen molar-refractivity contribution in [2.45, 2.75) is 38.6 Å². The highest BCUT2D eigenvalue weighted by Crippen LogP contribution is 2.32. The molecule has 1 aromatic carbocycles. The molecule has 0 saturated carbocycles. The number of benzene rings is 1. The summed E-state index contributed by atoms with van der Waals surface area (Å²) in [5, 5.41) is 8.14. The molecule has 1 aromatic heterocycles. The van der Waals surface area contributed by atoms with Gasteiger partial charge in [-0.25, -0.2) is 0 Å². The van der Waals surface area contributed by atoms with Crippen LogP contribution in [0.3, 0.4) is 0 Å². The molecule has 2 aromatic rings. The van der Waals surface area contributed by atoms with Gasteiger partial charge >= 0.3 is 0 Å². The van der Waals surface area contributed by atoms with Crippen LogP contribution >= 0.6 is 0 Å². The van der Waals surface area contributed by atoms with Crippen LogP contribution in [-0.2, 0) is 11.8 Å². The van der Waals surface area contributed by atoms with E-state index in [9.17, 15) is 0 Å². The number of hydrogen-bond acceptors (Lipinski definition) is 2. The zero-order valence-electron chi connectivity index (χ0n) is 12.6. The molecule has 20 heavy (non-hydrogen) atoms. The zero-order chi connectivity index (χ0) is 14.2. The first-order valence-corrected chi connectivity index (χ1v) is 7.41. The predicted molar refractivity (Wildman–Crippen MR) is 82.0 cm³/mol. The van der Waals surface area contributed by atoms with Crippen molar-refractivity contribution in [2.75, 3.05) is 13.1 Å². The van der Waals surface area contributed by atoms with Crippen molar-refractivity contribution in [1.82, 2.24) is 15.1 Å². The summed E-state index contributed by atoms with van der Waals surface area (Å²) in [5.74, 6) is 0. The molecule has 0 radical (unpaired) electrons. The summed E-state index contributed by atoms with van der Waals surface area (Å²) in [5.41, 5.74) is 4.17. The summed E-state index contributed by atoms with van der Waals surface area (Å²) in [4.78, 5) is 0. The Bertz CT molecular complexity index is 577. The Balaban J connectivity index is 1.83. The Morgan fingerprint density at radius 2 is 1.90 bits per heavy atom. The molecule has 0 bridgehead atoms. The van der Waals surface area contributed by atoms with E-state index in [1.807, 2.05) is 4.68 Å². The standard InChI is InChI=1S/C17H23N3/c1-13(2)20-9-8-16(19-20)10-17(11-18-12-17)15-6-4-14(3)5-7-15/h4-9,13,18H,10-12H2,1-3H3. The summed E-state index contributed by atoms with van der Waals surface area (Å²) < 4.78 is 2.05. The van der Waals surface area contributed by atoms with Crippen LogP contribution in [-0.4, -0.2) is 22.9 Å². The quantitative estimate of drug-likeness (QED) is 0.925. The molecule has 1 aliphatic rings. The van der Waals surface area contributed by atoms with Crippen LogP contribution < -0.4 is 5.32 Å². The summed E-state index contributed by atoms with van der Waals surface area (Å²) in [7, 11) is 0. The van der Waals surface area contributed by atoms with Gasteiger partial charge in [-0.1, -0.05) is 29.8 Å². The van der Waals surface area contributed by atoms with E-state index >= 15 is 0 Å². The first kappa shape index (κ1) is 13.4. The number of nitrogens with zero attached hydrogens (tertiary/aromatic N) is 2. The topological polar surface area (TPSA) is 29.9 Å². The van der Waals surface area contributed by atoms with Crippen LogP contribution in [0.2, 0.25) is 0 Å².